The van der Waals surface area contributed by atoms with Crippen molar-refractivity contribution in [3.63, 3.8) is 0 Å². The lowest BCUT2D eigenvalue weighted by atomic mass is 10.2. The number of carbonyl (C=O) groups is 1. The highest BCUT2D eigenvalue weighted by atomic mass is 16.1. The van der Waals surface area contributed by atoms with Gasteiger partial charge in [-0.3, -0.25) is 4.79 Å². The van der Waals surface area contributed by atoms with E-state index in [-0.39, 0.29) is 5.91 Å². The minimum absolute atomic E-state index is 0.200. The van der Waals surface area contributed by atoms with Crippen LogP contribution in [-0.2, 0) is 4.79 Å². The Morgan fingerprint density at radius 1 is 1.21 bits per heavy atom. The molecule has 0 aliphatic heterocycles. The molecule has 0 heterocycles. The van der Waals surface area contributed by atoms with Crippen molar-refractivity contribution in [3.8, 4) is 0 Å². The van der Waals surface area contributed by atoms with Gasteiger partial charge in [-0.1, -0.05) is 12.2 Å². The van der Waals surface area contributed by atoms with Gasteiger partial charge >= 0.3 is 0 Å². The molecule has 3 nitrogen and oxygen atoms in total. The summed E-state index contributed by atoms with van der Waals surface area (Å²) in [6, 6.07) is 1.07. The van der Waals surface area contributed by atoms with E-state index in [9.17, 15) is 4.79 Å². The summed E-state index contributed by atoms with van der Waals surface area (Å²) in [5, 5.41) is 6.37. The van der Waals surface area contributed by atoms with Crippen LogP contribution in [0.5, 0.6) is 0 Å². The molecule has 0 atom stereocenters. The summed E-state index contributed by atoms with van der Waals surface area (Å²) >= 11 is 0. The van der Waals surface area contributed by atoms with Gasteiger partial charge < -0.3 is 10.6 Å². The summed E-state index contributed by atoms with van der Waals surface area (Å²) in [5.41, 5.74) is 0. The van der Waals surface area contributed by atoms with Gasteiger partial charge in [0.05, 0.1) is 0 Å². The van der Waals surface area contributed by atoms with Crippen LogP contribution in [0.3, 0.4) is 0 Å². The van der Waals surface area contributed by atoms with Crippen LogP contribution < -0.4 is 10.6 Å². The van der Waals surface area contributed by atoms with E-state index >= 15 is 0 Å². The molecule has 2 aliphatic rings. The average molecular weight is 194 g/mol. The van der Waals surface area contributed by atoms with E-state index in [2.05, 4.69) is 22.8 Å². The van der Waals surface area contributed by atoms with Crippen molar-refractivity contribution in [1.29, 1.82) is 0 Å². The van der Waals surface area contributed by atoms with Crippen molar-refractivity contribution in [1.82, 2.24) is 10.6 Å². The highest BCUT2D eigenvalue weighted by molar-refractivity contribution is 5.76. The molecule has 0 saturated heterocycles. The molecule has 0 spiro atoms. The maximum absolute atomic E-state index is 11.3. The van der Waals surface area contributed by atoms with Crippen molar-refractivity contribution in [2.45, 2.75) is 44.2 Å². The Hall–Kier alpha value is -0.830. The van der Waals surface area contributed by atoms with E-state index < -0.39 is 0 Å². The monoisotopic (exact) mass is 194 g/mol. The fraction of sp³-hybridized carbons (Fsp3) is 0.727. The number of hydrogen-bond donors (Lipinski definition) is 2. The number of amides is 1. The first-order valence-electron chi connectivity index (χ1n) is 5.52. The molecule has 0 aromatic carbocycles. The summed E-state index contributed by atoms with van der Waals surface area (Å²) < 4.78 is 0. The Morgan fingerprint density at radius 2 is 1.93 bits per heavy atom. The Morgan fingerprint density at radius 3 is 2.57 bits per heavy atom. The Kier molecular flexibility index (Phi) is 3.19. The van der Waals surface area contributed by atoms with E-state index in [0.29, 0.717) is 18.5 Å². The van der Waals surface area contributed by atoms with Gasteiger partial charge in [-0.05, 0) is 25.7 Å². The van der Waals surface area contributed by atoms with E-state index in [1.807, 2.05) is 0 Å². The third-order valence-corrected chi connectivity index (χ3v) is 2.74. The molecule has 1 amide bonds. The summed E-state index contributed by atoms with van der Waals surface area (Å²) in [5.74, 6) is 0.200. The van der Waals surface area contributed by atoms with Gasteiger partial charge in [-0.15, -0.1) is 0 Å². The highest BCUT2D eigenvalue weighted by Crippen LogP contribution is 2.18. The predicted octanol–water partition coefficient (Wildman–Crippen LogP) is 0.963. The largest absolute Gasteiger partial charge is 0.353 e. The van der Waals surface area contributed by atoms with Gasteiger partial charge in [-0.2, -0.15) is 0 Å². The fourth-order valence-corrected chi connectivity index (χ4v) is 1.70. The second kappa shape index (κ2) is 4.60. The quantitative estimate of drug-likeness (QED) is 0.640. The standard InChI is InChI=1S/C11H18N2O/c14-11(13-10-5-6-10)7-8-12-9-3-1-2-4-9/h1-2,9-10,12H,3-8H2,(H,13,14). The van der Waals surface area contributed by atoms with Crippen LogP contribution in [0.2, 0.25) is 0 Å². The lowest BCUT2D eigenvalue weighted by molar-refractivity contribution is -0.121. The first-order valence-corrected chi connectivity index (χ1v) is 5.52. The van der Waals surface area contributed by atoms with Crippen LogP contribution in [0.15, 0.2) is 12.2 Å². The molecule has 0 bridgehead atoms. The zero-order valence-corrected chi connectivity index (χ0v) is 8.46. The SMILES string of the molecule is O=C(CCNC1CC=CC1)NC1CC1. The van der Waals surface area contributed by atoms with Crippen molar-refractivity contribution in [2.24, 2.45) is 0 Å². The minimum Gasteiger partial charge on any atom is -0.353 e. The van der Waals surface area contributed by atoms with Gasteiger partial charge in [0, 0.05) is 25.0 Å². The third-order valence-electron chi connectivity index (χ3n) is 2.74. The fourth-order valence-electron chi connectivity index (χ4n) is 1.70. The van der Waals surface area contributed by atoms with Gasteiger partial charge in [0.2, 0.25) is 5.91 Å². The van der Waals surface area contributed by atoms with Crippen LogP contribution in [-0.4, -0.2) is 24.5 Å². The molecule has 0 radical (unpaired) electrons. The molecule has 0 aromatic rings. The molecular formula is C11H18N2O. The summed E-state index contributed by atoms with van der Waals surface area (Å²) in [6.45, 7) is 0.810. The second-order valence-corrected chi connectivity index (χ2v) is 4.19. The van der Waals surface area contributed by atoms with E-state index in [4.69, 9.17) is 0 Å². The summed E-state index contributed by atoms with van der Waals surface area (Å²) in [4.78, 5) is 11.3. The Balaban J connectivity index is 1.50. The van der Waals surface area contributed by atoms with E-state index in [1.165, 1.54) is 12.8 Å². The molecule has 0 unspecified atom stereocenters. The normalized spacial score (nSPS) is 21.4. The van der Waals surface area contributed by atoms with Crippen LogP contribution >= 0.6 is 0 Å². The number of hydrogen-bond acceptors (Lipinski definition) is 2. The third kappa shape index (κ3) is 3.14. The average Bonchev–Trinajstić information content (AvgIpc) is 2.82. The van der Waals surface area contributed by atoms with Crippen molar-refractivity contribution in [2.75, 3.05) is 6.54 Å². The first kappa shape index (κ1) is 9.71. The number of carbonyl (C=O) groups excluding carboxylic acids is 1. The highest BCUT2D eigenvalue weighted by Gasteiger charge is 2.22. The molecule has 78 valence electrons. The van der Waals surface area contributed by atoms with Crippen LogP contribution in [0, 0.1) is 0 Å². The molecule has 14 heavy (non-hydrogen) atoms. The van der Waals surface area contributed by atoms with Crippen LogP contribution in [0.1, 0.15) is 32.1 Å². The Labute approximate surface area is 84.9 Å². The van der Waals surface area contributed by atoms with Crippen molar-refractivity contribution in [3.05, 3.63) is 12.2 Å². The van der Waals surface area contributed by atoms with Crippen molar-refractivity contribution < 1.29 is 4.79 Å². The van der Waals surface area contributed by atoms with E-state index in [0.717, 1.165) is 19.4 Å². The lowest BCUT2D eigenvalue weighted by Crippen LogP contribution is -2.32. The molecule has 0 aromatic heterocycles. The molecule has 2 N–H and O–H groups in total. The van der Waals surface area contributed by atoms with Crippen LogP contribution in [0.25, 0.3) is 0 Å². The topological polar surface area (TPSA) is 41.1 Å². The Bertz CT molecular complexity index is 225. The lowest BCUT2D eigenvalue weighted by Gasteiger charge is -2.11. The zero-order valence-electron chi connectivity index (χ0n) is 8.46. The maximum atomic E-state index is 11.3. The minimum atomic E-state index is 0.200. The molecular weight excluding hydrogens is 176 g/mol. The van der Waals surface area contributed by atoms with Gasteiger partial charge in [-0.25, -0.2) is 0 Å². The smallest absolute Gasteiger partial charge is 0.221 e. The number of rotatable bonds is 5. The first-order chi connectivity index (χ1) is 6.84. The van der Waals surface area contributed by atoms with Crippen LogP contribution in [0.4, 0.5) is 0 Å². The maximum Gasteiger partial charge on any atom is 0.221 e. The number of nitrogens with one attached hydrogen (secondary N) is 2. The van der Waals surface area contributed by atoms with Gasteiger partial charge in [0.25, 0.3) is 0 Å². The van der Waals surface area contributed by atoms with Gasteiger partial charge in [0.1, 0.15) is 0 Å². The zero-order chi connectivity index (χ0) is 9.80. The molecule has 1 fully saturated rings. The predicted molar refractivity (Wildman–Crippen MR) is 55.9 cm³/mol. The summed E-state index contributed by atoms with van der Waals surface area (Å²) in [6.07, 6.45) is 9.59. The van der Waals surface area contributed by atoms with Gasteiger partial charge in [0.15, 0.2) is 0 Å². The van der Waals surface area contributed by atoms with E-state index in [1.54, 1.807) is 0 Å². The molecule has 2 rings (SSSR count). The molecule has 1 saturated carbocycles. The van der Waals surface area contributed by atoms with Crippen molar-refractivity contribution >= 4 is 5.91 Å². The molecule has 2 aliphatic carbocycles. The second-order valence-electron chi connectivity index (χ2n) is 4.19. The molecule has 3 heteroatoms. The summed E-state index contributed by atoms with van der Waals surface area (Å²) in [7, 11) is 0.